The number of rotatable bonds is 3. The van der Waals surface area contributed by atoms with Crippen LogP contribution < -0.4 is 10.5 Å². The number of aromatic nitrogens is 1. The molecule has 0 aliphatic carbocycles. The van der Waals surface area contributed by atoms with Crippen molar-refractivity contribution in [2.75, 3.05) is 18.0 Å². The van der Waals surface area contributed by atoms with E-state index in [9.17, 15) is 17.8 Å². The molecule has 0 unspecified atom stereocenters. The van der Waals surface area contributed by atoms with Gasteiger partial charge in [0.05, 0.1) is 4.90 Å². The Morgan fingerprint density at radius 1 is 1.07 bits per heavy atom. The molecule has 2 aromatic carbocycles. The van der Waals surface area contributed by atoms with Gasteiger partial charge in [0.25, 0.3) is 10.1 Å². The molecule has 1 fully saturated rings. The Kier molecular flexibility index (Phi) is 3.80. The van der Waals surface area contributed by atoms with Crippen molar-refractivity contribution in [2.45, 2.75) is 11.8 Å². The molecule has 2 aromatic heterocycles. The van der Waals surface area contributed by atoms with E-state index in [1.165, 1.54) is 12.1 Å². The van der Waals surface area contributed by atoms with Crippen LogP contribution in [0.4, 0.5) is 5.69 Å². The second-order valence-corrected chi connectivity index (χ2v) is 8.72. The van der Waals surface area contributed by atoms with Gasteiger partial charge >= 0.3 is 5.63 Å². The van der Waals surface area contributed by atoms with E-state index in [1.807, 2.05) is 18.2 Å². The Balaban J connectivity index is 1.58. The van der Waals surface area contributed by atoms with Crippen molar-refractivity contribution in [1.29, 1.82) is 0 Å². The molecule has 0 radical (unpaired) electrons. The fourth-order valence-corrected chi connectivity index (χ4v) is 4.03. The normalized spacial score (nSPS) is 15.2. The number of nitrogens with zero attached hydrogens (tertiary/aromatic N) is 2. The Morgan fingerprint density at radius 3 is 2.59 bits per heavy atom. The molecule has 1 aliphatic heterocycles. The lowest BCUT2D eigenvalue weighted by atomic mass is 10.0. The van der Waals surface area contributed by atoms with Crippen molar-refractivity contribution in [3.63, 3.8) is 0 Å². The van der Waals surface area contributed by atoms with Crippen LogP contribution in [0.1, 0.15) is 6.92 Å². The number of anilines is 1. The molecule has 4 aromatic rings. The van der Waals surface area contributed by atoms with E-state index in [0.29, 0.717) is 17.0 Å². The van der Waals surface area contributed by atoms with E-state index in [1.54, 1.807) is 6.07 Å². The van der Waals surface area contributed by atoms with Gasteiger partial charge in [-0.3, -0.25) is 4.55 Å². The topological polar surface area (TPSA) is 114 Å². The van der Waals surface area contributed by atoms with Crippen molar-refractivity contribution < 1.29 is 21.8 Å². The molecule has 1 aliphatic rings. The number of fused-ring (bicyclic) bond motifs is 2. The molecule has 0 amide bonds. The third kappa shape index (κ3) is 3.08. The van der Waals surface area contributed by atoms with Gasteiger partial charge in [-0.05, 0) is 36.2 Å². The minimum atomic E-state index is -4.37. The molecular formula is C20H16N2O6S. The number of hydrogen-bond acceptors (Lipinski definition) is 7. The van der Waals surface area contributed by atoms with Crippen molar-refractivity contribution >= 4 is 37.9 Å². The molecule has 0 saturated carbocycles. The van der Waals surface area contributed by atoms with Crippen molar-refractivity contribution in [1.82, 2.24) is 4.98 Å². The van der Waals surface area contributed by atoms with Crippen molar-refractivity contribution in [2.24, 2.45) is 5.92 Å². The second kappa shape index (κ2) is 6.16. The van der Waals surface area contributed by atoms with Crippen molar-refractivity contribution in [3.05, 3.63) is 52.9 Å². The molecule has 1 N–H and O–H groups in total. The molecule has 0 spiro atoms. The average molecular weight is 412 g/mol. The summed E-state index contributed by atoms with van der Waals surface area (Å²) in [5.41, 5.74) is 1.50. The Morgan fingerprint density at radius 2 is 1.86 bits per heavy atom. The van der Waals surface area contributed by atoms with Gasteiger partial charge in [-0.15, -0.1) is 0 Å². The number of hydrogen-bond donors (Lipinski definition) is 1. The lowest BCUT2D eigenvalue weighted by Gasteiger charge is -2.39. The third-order valence-corrected chi connectivity index (χ3v) is 5.89. The highest BCUT2D eigenvalue weighted by Crippen LogP contribution is 2.30. The van der Waals surface area contributed by atoms with Gasteiger partial charge in [0.2, 0.25) is 5.89 Å². The molecule has 9 heteroatoms. The summed E-state index contributed by atoms with van der Waals surface area (Å²) in [5, 5.41) is 0.720. The minimum absolute atomic E-state index is 0.0174. The van der Waals surface area contributed by atoms with Crippen LogP contribution in [0.25, 0.3) is 33.5 Å². The van der Waals surface area contributed by atoms with Gasteiger partial charge in [0.1, 0.15) is 16.7 Å². The summed E-state index contributed by atoms with van der Waals surface area (Å²) in [6.07, 6.45) is 0. The molecule has 0 bridgehead atoms. The van der Waals surface area contributed by atoms with Crippen LogP contribution in [0, 0.1) is 5.92 Å². The number of benzene rings is 2. The smallest absolute Gasteiger partial charge is 0.349 e. The second-order valence-electron chi connectivity index (χ2n) is 7.30. The highest BCUT2D eigenvalue weighted by atomic mass is 32.2. The first kappa shape index (κ1) is 17.9. The van der Waals surface area contributed by atoms with Gasteiger partial charge in [-0.25, -0.2) is 9.78 Å². The van der Waals surface area contributed by atoms with Gasteiger partial charge in [-0.2, -0.15) is 8.42 Å². The molecule has 29 heavy (non-hydrogen) atoms. The van der Waals surface area contributed by atoms with Gasteiger partial charge in [0.15, 0.2) is 5.58 Å². The Labute approximate surface area is 165 Å². The van der Waals surface area contributed by atoms with E-state index < -0.39 is 15.7 Å². The number of oxazole rings is 1. The first-order valence-electron chi connectivity index (χ1n) is 8.99. The summed E-state index contributed by atoms with van der Waals surface area (Å²) >= 11 is 0. The molecule has 0 atom stereocenters. The minimum Gasteiger partial charge on any atom is -0.436 e. The monoisotopic (exact) mass is 412 g/mol. The quantitative estimate of drug-likeness (QED) is 0.403. The maximum Gasteiger partial charge on any atom is 0.349 e. The summed E-state index contributed by atoms with van der Waals surface area (Å²) in [6, 6.07) is 11.1. The van der Waals surface area contributed by atoms with Gasteiger partial charge in [0, 0.05) is 36.3 Å². The third-order valence-electron chi connectivity index (χ3n) is 5.04. The highest BCUT2D eigenvalue weighted by Gasteiger charge is 2.23. The standard InChI is InChI=1S/C20H16N2O6S/c1-11-9-22(10-11)13-3-2-12-6-15(20(23)28-17(12)7-13)19-21-16-5-4-14(29(24,25)26)8-18(16)27-19/h2-8,11H,9-10H2,1H3,(H,24,25,26). The zero-order valence-electron chi connectivity index (χ0n) is 15.3. The van der Waals surface area contributed by atoms with E-state index in [2.05, 4.69) is 16.8 Å². The summed E-state index contributed by atoms with van der Waals surface area (Å²) in [5.74, 6) is 0.671. The lowest BCUT2D eigenvalue weighted by molar-refractivity contribution is 0.447. The SMILES string of the molecule is CC1CN(c2ccc3cc(-c4nc5ccc(S(=O)(=O)O)cc5o4)c(=O)oc3c2)C1. The predicted molar refractivity (Wildman–Crippen MR) is 107 cm³/mol. The molecular weight excluding hydrogens is 396 g/mol. The van der Waals surface area contributed by atoms with Crippen LogP contribution in [-0.2, 0) is 10.1 Å². The maximum absolute atomic E-state index is 12.5. The fraction of sp³-hybridized carbons (Fsp3) is 0.200. The Hall–Kier alpha value is -3.17. The molecule has 148 valence electrons. The summed E-state index contributed by atoms with van der Waals surface area (Å²) in [4.78, 5) is 18.7. The summed E-state index contributed by atoms with van der Waals surface area (Å²) < 4.78 is 42.8. The molecule has 8 nitrogen and oxygen atoms in total. The van der Waals surface area contributed by atoms with Gasteiger partial charge < -0.3 is 13.7 Å². The Bertz CT molecular complexity index is 1430. The van der Waals surface area contributed by atoms with Crippen LogP contribution >= 0.6 is 0 Å². The van der Waals surface area contributed by atoms with E-state index in [4.69, 9.17) is 8.83 Å². The van der Waals surface area contributed by atoms with Gasteiger partial charge in [-0.1, -0.05) is 6.92 Å². The van der Waals surface area contributed by atoms with Crippen LogP contribution in [0.2, 0.25) is 0 Å². The highest BCUT2D eigenvalue weighted by molar-refractivity contribution is 7.85. The van der Waals surface area contributed by atoms with Crippen LogP contribution in [0.3, 0.4) is 0 Å². The van der Waals surface area contributed by atoms with Crippen LogP contribution in [0.5, 0.6) is 0 Å². The summed E-state index contributed by atoms with van der Waals surface area (Å²) in [7, 11) is -4.37. The maximum atomic E-state index is 12.5. The van der Waals surface area contributed by atoms with E-state index in [-0.39, 0.29) is 21.9 Å². The van der Waals surface area contributed by atoms with Crippen LogP contribution in [-0.4, -0.2) is 31.0 Å². The predicted octanol–water partition coefficient (Wildman–Crippen LogP) is 3.30. The summed E-state index contributed by atoms with van der Waals surface area (Å²) in [6.45, 7) is 4.13. The zero-order valence-corrected chi connectivity index (χ0v) is 16.1. The zero-order chi connectivity index (χ0) is 20.3. The van der Waals surface area contributed by atoms with Crippen molar-refractivity contribution in [3.8, 4) is 11.5 Å². The first-order valence-corrected chi connectivity index (χ1v) is 10.4. The molecule has 3 heterocycles. The molecule has 5 rings (SSSR count). The average Bonchev–Trinajstić information content (AvgIpc) is 3.06. The lowest BCUT2D eigenvalue weighted by Crippen LogP contribution is -2.45. The first-order chi connectivity index (χ1) is 13.8. The largest absolute Gasteiger partial charge is 0.436 e. The van der Waals surface area contributed by atoms with E-state index in [0.717, 1.165) is 30.2 Å². The fourth-order valence-electron chi connectivity index (χ4n) is 3.54. The van der Waals surface area contributed by atoms with Crippen LogP contribution in [0.15, 0.2) is 61.0 Å². The van der Waals surface area contributed by atoms with E-state index >= 15 is 0 Å². The molecule has 1 saturated heterocycles.